The molecule has 1 N–H and O–H groups in total. The fraction of sp³-hybridized carbons (Fsp3) is 0.647. The van der Waals surface area contributed by atoms with Crippen molar-refractivity contribution in [1.29, 1.82) is 0 Å². The molecule has 0 amide bonds. The van der Waals surface area contributed by atoms with Gasteiger partial charge in [0.25, 0.3) is 0 Å². The van der Waals surface area contributed by atoms with Crippen molar-refractivity contribution < 1.29 is 0 Å². The minimum absolute atomic E-state index is 0.545. The van der Waals surface area contributed by atoms with Crippen molar-refractivity contribution in [2.75, 3.05) is 0 Å². The Balaban J connectivity index is 1.46. The van der Waals surface area contributed by atoms with Gasteiger partial charge in [-0.05, 0) is 67.1 Å². The Hall–Kier alpha value is -0.340. The van der Waals surface area contributed by atoms with Crippen molar-refractivity contribution in [3.8, 4) is 0 Å². The third-order valence-electron chi connectivity index (χ3n) is 5.81. The number of hydrogen-bond acceptors (Lipinski definition) is 1. The van der Waals surface area contributed by atoms with Crippen LogP contribution in [-0.4, -0.2) is 6.04 Å². The van der Waals surface area contributed by atoms with E-state index in [2.05, 4.69) is 52.4 Å². The van der Waals surface area contributed by atoms with Gasteiger partial charge in [-0.1, -0.05) is 35.0 Å². The van der Waals surface area contributed by atoms with Gasteiger partial charge >= 0.3 is 0 Å². The molecular formula is C17H22BrN. The normalized spacial score (nSPS) is 40.2. The van der Waals surface area contributed by atoms with E-state index in [9.17, 15) is 0 Å². The van der Waals surface area contributed by atoms with Gasteiger partial charge in [-0.3, -0.25) is 0 Å². The van der Waals surface area contributed by atoms with Crippen LogP contribution >= 0.6 is 15.9 Å². The molecule has 19 heavy (non-hydrogen) atoms. The molecule has 2 bridgehead atoms. The summed E-state index contributed by atoms with van der Waals surface area (Å²) in [7, 11) is 0. The summed E-state index contributed by atoms with van der Waals surface area (Å²) < 4.78 is 1.17. The van der Waals surface area contributed by atoms with E-state index in [0.29, 0.717) is 6.04 Å². The molecule has 0 heterocycles. The van der Waals surface area contributed by atoms with Crippen molar-refractivity contribution >= 4 is 15.9 Å². The lowest BCUT2D eigenvalue weighted by atomic mass is 10.0. The van der Waals surface area contributed by atoms with Crippen LogP contribution in [0.15, 0.2) is 28.7 Å². The van der Waals surface area contributed by atoms with Gasteiger partial charge in [-0.25, -0.2) is 0 Å². The topological polar surface area (TPSA) is 12.0 Å². The standard InChI is InChI=1S/C17H22BrN/c1-2-14(10-5-7-13(18)8-6-10)19-17-15-11-3-4-12(9-11)16(15)17/h5-8,11-12,14-17,19H,2-4,9H2,1H3. The number of hydrogen-bond donors (Lipinski definition) is 1. The Morgan fingerprint density at radius 1 is 1.16 bits per heavy atom. The molecule has 4 rings (SSSR count). The molecule has 1 aromatic rings. The van der Waals surface area contributed by atoms with Crippen molar-refractivity contribution in [3.63, 3.8) is 0 Å². The lowest BCUT2D eigenvalue weighted by Gasteiger charge is -2.20. The second kappa shape index (κ2) is 4.60. The Kier molecular flexibility index (Phi) is 3.00. The van der Waals surface area contributed by atoms with Gasteiger partial charge in [0.1, 0.15) is 0 Å². The van der Waals surface area contributed by atoms with Crippen LogP contribution in [0, 0.1) is 23.7 Å². The Morgan fingerprint density at radius 2 is 1.79 bits per heavy atom. The maximum Gasteiger partial charge on any atom is 0.0320 e. The molecule has 0 aromatic heterocycles. The molecule has 3 aliphatic rings. The van der Waals surface area contributed by atoms with Crippen LogP contribution in [0.1, 0.15) is 44.2 Å². The first-order valence-corrected chi connectivity index (χ1v) is 8.58. The second-order valence-corrected chi connectivity index (χ2v) is 7.61. The zero-order valence-electron chi connectivity index (χ0n) is 11.5. The number of rotatable bonds is 4. The predicted octanol–water partition coefficient (Wildman–Crippen LogP) is 4.53. The van der Waals surface area contributed by atoms with Gasteiger partial charge in [-0.15, -0.1) is 0 Å². The summed E-state index contributed by atoms with van der Waals surface area (Å²) in [4.78, 5) is 0. The van der Waals surface area contributed by atoms with E-state index in [1.54, 1.807) is 6.42 Å². The maximum absolute atomic E-state index is 3.96. The molecule has 0 saturated heterocycles. The average molecular weight is 320 g/mol. The molecule has 5 atom stereocenters. The Labute approximate surface area is 124 Å². The Morgan fingerprint density at radius 3 is 2.37 bits per heavy atom. The van der Waals surface area contributed by atoms with E-state index in [1.807, 2.05) is 0 Å². The van der Waals surface area contributed by atoms with Crippen LogP contribution in [0.2, 0.25) is 0 Å². The van der Waals surface area contributed by atoms with Crippen molar-refractivity contribution in [2.45, 2.75) is 44.7 Å². The first-order valence-electron chi connectivity index (χ1n) is 7.79. The van der Waals surface area contributed by atoms with Crippen LogP contribution in [0.25, 0.3) is 0 Å². The molecule has 5 unspecified atom stereocenters. The molecule has 0 radical (unpaired) electrons. The zero-order chi connectivity index (χ0) is 13.0. The van der Waals surface area contributed by atoms with E-state index in [-0.39, 0.29) is 0 Å². The van der Waals surface area contributed by atoms with Crippen LogP contribution in [0.5, 0.6) is 0 Å². The van der Waals surface area contributed by atoms with Gasteiger partial charge < -0.3 is 5.32 Å². The summed E-state index contributed by atoms with van der Waals surface area (Å²) in [6, 6.07) is 10.2. The van der Waals surface area contributed by atoms with E-state index >= 15 is 0 Å². The summed E-state index contributed by atoms with van der Waals surface area (Å²) >= 11 is 3.52. The smallest absolute Gasteiger partial charge is 0.0320 e. The predicted molar refractivity (Wildman–Crippen MR) is 81.9 cm³/mol. The number of nitrogens with one attached hydrogen (secondary N) is 1. The van der Waals surface area contributed by atoms with Gasteiger partial charge in [0.2, 0.25) is 0 Å². The van der Waals surface area contributed by atoms with E-state index in [0.717, 1.165) is 29.7 Å². The van der Waals surface area contributed by atoms with Crippen LogP contribution in [0.4, 0.5) is 0 Å². The quantitative estimate of drug-likeness (QED) is 0.859. The fourth-order valence-electron chi connectivity index (χ4n) is 4.93. The maximum atomic E-state index is 3.96. The van der Waals surface area contributed by atoms with E-state index in [4.69, 9.17) is 0 Å². The molecule has 1 nitrogen and oxygen atoms in total. The first-order chi connectivity index (χ1) is 9.28. The molecule has 3 saturated carbocycles. The third kappa shape index (κ3) is 1.99. The van der Waals surface area contributed by atoms with Crippen molar-refractivity contribution in [1.82, 2.24) is 5.32 Å². The SMILES string of the molecule is CCC(NC1C2C3CCC(C3)C12)c1ccc(Br)cc1. The molecular weight excluding hydrogens is 298 g/mol. The molecule has 3 fully saturated rings. The minimum Gasteiger partial charge on any atom is -0.307 e. The highest BCUT2D eigenvalue weighted by Gasteiger charge is 2.64. The number of benzene rings is 1. The molecule has 2 heteroatoms. The number of fused-ring (bicyclic) bond motifs is 5. The first kappa shape index (κ1) is 12.4. The van der Waals surface area contributed by atoms with Gasteiger partial charge in [0.05, 0.1) is 0 Å². The highest BCUT2D eigenvalue weighted by Crippen LogP contribution is 2.65. The van der Waals surface area contributed by atoms with E-state index < -0.39 is 0 Å². The molecule has 0 aliphatic heterocycles. The van der Waals surface area contributed by atoms with Crippen molar-refractivity contribution in [2.24, 2.45) is 23.7 Å². The largest absolute Gasteiger partial charge is 0.307 e. The molecule has 0 spiro atoms. The summed E-state index contributed by atoms with van der Waals surface area (Å²) in [6.45, 7) is 2.30. The van der Waals surface area contributed by atoms with Crippen LogP contribution < -0.4 is 5.32 Å². The summed E-state index contributed by atoms with van der Waals surface area (Å²) in [6.07, 6.45) is 5.76. The molecule has 102 valence electrons. The summed E-state index contributed by atoms with van der Waals surface area (Å²) in [5.74, 6) is 4.19. The lowest BCUT2D eigenvalue weighted by molar-refractivity contribution is 0.415. The highest BCUT2D eigenvalue weighted by atomic mass is 79.9. The number of halogens is 1. The lowest BCUT2D eigenvalue weighted by Crippen LogP contribution is -2.27. The second-order valence-electron chi connectivity index (χ2n) is 6.69. The molecule has 1 aromatic carbocycles. The fourth-order valence-corrected chi connectivity index (χ4v) is 5.19. The van der Waals surface area contributed by atoms with Crippen LogP contribution in [-0.2, 0) is 0 Å². The Bertz CT molecular complexity index is 453. The summed E-state index contributed by atoms with van der Waals surface area (Å²) in [5.41, 5.74) is 1.45. The monoisotopic (exact) mass is 319 g/mol. The van der Waals surface area contributed by atoms with Crippen LogP contribution in [0.3, 0.4) is 0 Å². The minimum atomic E-state index is 0.545. The van der Waals surface area contributed by atoms with Gasteiger partial charge in [0, 0.05) is 16.6 Å². The molecule has 3 aliphatic carbocycles. The van der Waals surface area contributed by atoms with Crippen molar-refractivity contribution in [3.05, 3.63) is 34.3 Å². The highest BCUT2D eigenvalue weighted by molar-refractivity contribution is 9.10. The van der Waals surface area contributed by atoms with E-state index in [1.165, 1.54) is 29.3 Å². The summed E-state index contributed by atoms with van der Waals surface area (Å²) in [5, 5.41) is 3.96. The zero-order valence-corrected chi connectivity index (χ0v) is 13.1. The van der Waals surface area contributed by atoms with Gasteiger partial charge in [-0.2, -0.15) is 0 Å². The third-order valence-corrected chi connectivity index (χ3v) is 6.34. The van der Waals surface area contributed by atoms with Gasteiger partial charge in [0.15, 0.2) is 0 Å². The average Bonchev–Trinajstić information content (AvgIpc) is 2.82.